The molecule has 0 fully saturated rings. The lowest BCUT2D eigenvalue weighted by Crippen LogP contribution is -1.91. The lowest BCUT2D eigenvalue weighted by Gasteiger charge is -2.08. The lowest BCUT2D eigenvalue weighted by molar-refractivity contribution is -0.384. The molecular weight excluding hydrogens is 310 g/mol. The number of halogens is 1. The molecule has 0 N–H and O–H groups in total. The molecule has 2 aromatic rings. The van der Waals surface area contributed by atoms with E-state index < -0.39 is 4.92 Å². The van der Waals surface area contributed by atoms with Gasteiger partial charge in [-0.2, -0.15) is 0 Å². The van der Waals surface area contributed by atoms with Gasteiger partial charge in [-0.3, -0.25) is 10.1 Å². The molecule has 3 rings (SSSR count). The molecule has 0 radical (unpaired) electrons. The minimum Gasteiger partial charge on any atom is -0.456 e. The quantitative estimate of drug-likeness (QED) is 0.485. The summed E-state index contributed by atoms with van der Waals surface area (Å²) >= 11 is 3.40. The molecule has 0 aromatic heterocycles. The Hall–Kier alpha value is -2.14. The minimum absolute atomic E-state index is 0.0210. The summed E-state index contributed by atoms with van der Waals surface area (Å²) in [5.74, 6) is 1.17. The standard InChI is InChI=1S/C14H8BrNO3/c15-11-4-6-13-10(7-11)2-1-9-3-5-12(16(17)18)8-14(9)19-13/h1-8H. The zero-order valence-electron chi connectivity index (χ0n) is 9.67. The minimum atomic E-state index is -0.430. The number of ether oxygens (including phenoxy) is 1. The smallest absolute Gasteiger partial charge is 0.273 e. The molecule has 19 heavy (non-hydrogen) atoms. The molecule has 5 heteroatoms. The molecule has 0 atom stereocenters. The monoisotopic (exact) mass is 317 g/mol. The van der Waals surface area contributed by atoms with Gasteiger partial charge in [-0.15, -0.1) is 0 Å². The molecule has 0 unspecified atom stereocenters. The molecule has 0 aliphatic carbocycles. The van der Waals surface area contributed by atoms with E-state index in [0.29, 0.717) is 11.5 Å². The fourth-order valence-corrected chi connectivity index (χ4v) is 2.28. The van der Waals surface area contributed by atoms with Crippen molar-refractivity contribution in [3.63, 3.8) is 0 Å². The zero-order valence-corrected chi connectivity index (χ0v) is 11.3. The lowest BCUT2D eigenvalue weighted by atomic mass is 10.1. The van der Waals surface area contributed by atoms with Gasteiger partial charge < -0.3 is 4.74 Å². The molecule has 2 aromatic carbocycles. The van der Waals surface area contributed by atoms with Gasteiger partial charge in [0.15, 0.2) is 0 Å². The van der Waals surface area contributed by atoms with E-state index >= 15 is 0 Å². The van der Waals surface area contributed by atoms with Gasteiger partial charge in [0.25, 0.3) is 5.69 Å². The number of fused-ring (bicyclic) bond motifs is 2. The second-order valence-corrected chi connectivity index (χ2v) is 5.01. The van der Waals surface area contributed by atoms with Crippen LogP contribution in [0.3, 0.4) is 0 Å². The summed E-state index contributed by atoms with van der Waals surface area (Å²) < 4.78 is 6.72. The molecule has 1 heterocycles. The zero-order chi connectivity index (χ0) is 13.4. The summed E-state index contributed by atoms with van der Waals surface area (Å²) in [6.07, 6.45) is 3.81. The number of non-ortho nitro benzene ring substituents is 1. The highest BCUT2D eigenvalue weighted by Gasteiger charge is 2.15. The van der Waals surface area contributed by atoms with E-state index in [4.69, 9.17) is 4.74 Å². The highest BCUT2D eigenvalue weighted by Crippen LogP contribution is 2.36. The number of hydrogen-bond acceptors (Lipinski definition) is 3. The SMILES string of the molecule is O=[N+]([O-])c1ccc2c(c1)Oc1ccc(Br)cc1C=C2. The van der Waals surface area contributed by atoms with Gasteiger partial charge in [-0.05, 0) is 24.3 Å². The summed E-state index contributed by atoms with van der Waals surface area (Å²) in [6, 6.07) is 10.2. The van der Waals surface area contributed by atoms with Gasteiger partial charge >= 0.3 is 0 Å². The molecular formula is C14H8BrNO3. The van der Waals surface area contributed by atoms with Crippen LogP contribution in [0.25, 0.3) is 12.2 Å². The molecule has 0 saturated carbocycles. The molecule has 0 amide bonds. The maximum absolute atomic E-state index is 10.8. The van der Waals surface area contributed by atoms with Crippen LogP contribution in [0.1, 0.15) is 11.1 Å². The first-order chi connectivity index (χ1) is 9.13. The van der Waals surface area contributed by atoms with Crippen LogP contribution in [0, 0.1) is 10.1 Å². The largest absolute Gasteiger partial charge is 0.456 e. The van der Waals surface area contributed by atoms with Crippen LogP contribution in [0.2, 0.25) is 0 Å². The average molecular weight is 318 g/mol. The van der Waals surface area contributed by atoms with Crippen LogP contribution in [0.4, 0.5) is 5.69 Å². The van der Waals surface area contributed by atoms with Crippen molar-refractivity contribution in [2.24, 2.45) is 0 Å². The highest BCUT2D eigenvalue weighted by molar-refractivity contribution is 9.10. The number of benzene rings is 2. The van der Waals surface area contributed by atoms with Crippen molar-refractivity contribution < 1.29 is 9.66 Å². The third-order valence-corrected chi connectivity index (χ3v) is 3.34. The molecule has 4 nitrogen and oxygen atoms in total. The summed E-state index contributed by atoms with van der Waals surface area (Å²) in [5, 5.41) is 10.8. The summed E-state index contributed by atoms with van der Waals surface area (Å²) in [7, 11) is 0. The first kappa shape index (κ1) is 11.9. The normalized spacial score (nSPS) is 12.1. The van der Waals surface area contributed by atoms with Crippen molar-refractivity contribution in [2.75, 3.05) is 0 Å². The Morgan fingerprint density at radius 1 is 1.00 bits per heavy atom. The van der Waals surface area contributed by atoms with Gasteiger partial charge in [0, 0.05) is 21.7 Å². The predicted molar refractivity (Wildman–Crippen MR) is 76.2 cm³/mol. The van der Waals surface area contributed by atoms with Crippen LogP contribution < -0.4 is 4.74 Å². The number of hydrogen-bond donors (Lipinski definition) is 0. The van der Waals surface area contributed by atoms with E-state index in [1.165, 1.54) is 12.1 Å². The van der Waals surface area contributed by atoms with Crippen LogP contribution >= 0.6 is 15.9 Å². The molecule has 0 saturated heterocycles. The Bertz CT molecular complexity index is 710. The summed E-state index contributed by atoms with van der Waals surface area (Å²) in [6.45, 7) is 0. The molecule has 94 valence electrons. The van der Waals surface area contributed by atoms with Crippen molar-refractivity contribution in [2.45, 2.75) is 0 Å². The fraction of sp³-hybridized carbons (Fsp3) is 0. The Morgan fingerprint density at radius 3 is 2.58 bits per heavy atom. The number of nitro benzene ring substituents is 1. The average Bonchev–Trinajstić information content (AvgIpc) is 2.56. The van der Waals surface area contributed by atoms with Gasteiger partial charge in [-0.1, -0.05) is 28.1 Å². The van der Waals surface area contributed by atoms with Gasteiger partial charge in [-0.25, -0.2) is 0 Å². The van der Waals surface area contributed by atoms with Crippen molar-refractivity contribution in [1.29, 1.82) is 0 Å². The molecule has 1 aliphatic rings. The number of rotatable bonds is 1. The van der Waals surface area contributed by atoms with E-state index in [-0.39, 0.29) is 5.69 Å². The van der Waals surface area contributed by atoms with Crippen LogP contribution in [-0.4, -0.2) is 4.92 Å². The van der Waals surface area contributed by atoms with Crippen LogP contribution in [0.15, 0.2) is 40.9 Å². The topological polar surface area (TPSA) is 52.4 Å². The van der Waals surface area contributed by atoms with Crippen molar-refractivity contribution in [3.05, 3.63) is 62.1 Å². The Morgan fingerprint density at radius 2 is 1.79 bits per heavy atom. The predicted octanol–water partition coefficient (Wildman–Crippen LogP) is 4.63. The maximum atomic E-state index is 10.8. The van der Waals surface area contributed by atoms with E-state index in [2.05, 4.69) is 15.9 Å². The third-order valence-electron chi connectivity index (χ3n) is 2.84. The first-order valence-corrected chi connectivity index (χ1v) is 6.37. The van der Waals surface area contributed by atoms with E-state index in [9.17, 15) is 10.1 Å². The van der Waals surface area contributed by atoms with Crippen molar-refractivity contribution in [3.8, 4) is 11.5 Å². The van der Waals surface area contributed by atoms with Crippen LogP contribution in [0.5, 0.6) is 11.5 Å². The second kappa shape index (κ2) is 4.51. The molecule has 1 aliphatic heterocycles. The van der Waals surface area contributed by atoms with Gasteiger partial charge in [0.05, 0.1) is 11.0 Å². The maximum Gasteiger partial charge on any atom is 0.273 e. The van der Waals surface area contributed by atoms with E-state index in [1.54, 1.807) is 6.07 Å². The first-order valence-electron chi connectivity index (χ1n) is 5.57. The molecule has 0 bridgehead atoms. The summed E-state index contributed by atoms with van der Waals surface area (Å²) in [4.78, 5) is 10.4. The highest BCUT2D eigenvalue weighted by atomic mass is 79.9. The fourth-order valence-electron chi connectivity index (χ4n) is 1.90. The Labute approximate surface area is 117 Å². The van der Waals surface area contributed by atoms with E-state index in [0.717, 1.165) is 15.6 Å². The number of nitro groups is 1. The Kier molecular flexibility index (Phi) is 2.83. The number of nitrogens with zero attached hydrogens (tertiary/aromatic N) is 1. The second-order valence-electron chi connectivity index (χ2n) is 4.10. The summed E-state index contributed by atoms with van der Waals surface area (Å²) in [5.41, 5.74) is 1.76. The van der Waals surface area contributed by atoms with E-state index in [1.807, 2.05) is 30.4 Å². The van der Waals surface area contributed by atoms with Gasteiger partial charge in [0.1, 0.15) is 11.5 Å². The van der Waals surface area contributed by atoms with Crippen molar-refractivity contribution in [1.82, 2.24) is 0 Å². The van der Waals surface area contributed by atoms with Crippen molar-refractivity contribution >= 4 is 33.8 Å². The Balaban J connectivity index is 2.12. The van der Waals surface area contributed by atoms with Gasteiger partial charge in [0.2, 0.25) is 0 Å². The molecule has 0 spiro atoms. The van der Waals surface area contributed by atoms with Crippen LogP contribution in [-0.2, 0) is 0 Å². The third kappa shape index (κ3) is 2.24.